The molecule has 1 heterocycles. The van der Waals surface area contributed by atoms with Crippen LogP contribution in [-0.4, -0.2) is 31.0 Å². The van der Waals surface area contributed by atoms with Crippen LogP contribution in [0.5, 0.6) is 11.5 Å². The Balaban J connectivity index is 1.98. The smallest absolute Gasteiger partial charge is 0.300 e. The fourth-order valence-corrected chi connectivity index (χ4v) is 4.25. The van der Waals surface area contributed by atoms with E-state index in [0.29, 0.717) is 22.0 Å². The van der Waals surface area contributed by atoms with Crippen LogP contribution in [0.25, 0.3) is 5.76 Å². The molecule has 1 aliphatic heterocycles. The summed E-state index contributed by atoms with van der Waals surface area (Å²) in [4.78, 5) is 27.9. The van der Waals surface area contributed by atoms with E-state index in [1.807, 2.05) is 19.1 Å². The number of anilines is 1. The van der Waals surface area contributed by atoms with Gasteiger partial charge in [-0.3, -0.25) is 14.5 Å². The molecule has 1 N–H and O–H groups in total. The summed E-state index contributed by atoms with van der Waals surface area (Å²) in [5, 5.41) is 11.9. The van der Waals surface area contributed by atoms with Crippen molar-refractivity contribution in [3.8, 4) is 11.5 Å². The maximum absolute atomic E-state index is 13.3. The van der Waals surface area contributed by atoms with Crippen LogP contribution in [0, 0.1) is 6.92 Å². The Bertz CT molecular complexity index is 1320. The number of hydrogen-bond acceptors (Lipinski definition) is 5. The quantitative estimate of drug-likeness (QED) is 0.268. The zero-order chi connectivity index (χ0) is 24.6. The maximum atomic E-state index is 13.3. The molecule has 0 bridgehead atoms. The molecule has 1 atom stereocenters. The highest BCUT2D eigenvalue weighted by Crippen LogP contribution is 2.44. The molecule has 4 rings (SSSR count). The van der Waals surface area contributed by atoms with Gasteiger partial charge in [0.25, 0.3) is 11.7 Å². The molecule has 0 spiro atoms. The number of carbonyl (C=O) groups is 2. The average molecular weight is 498 g/mol. The molecule has 0 aromatic heterocycles. The Labute approximate surface area is 206 Å². The summed E-state index contributed by atoms with van der Waals surface area (Å²) in [6.07, 6.45) is 0. The van der Waals surface area contributed by atoms with Crippen molar-refractivity contribution in [1.82, 2.24) is 0 Å². The van der Waals surface area contributed by atoms with Gasteiger partial charge in [-0.2, -0.15) is 0 Å². The minimum atomic E-state index is -0.940. The van der Waals surface area contributed by atoms with Crippen LogP contribution in [-0.2, 0) is 9.59 Å². The number of methoxy groups -OCH3 is 2. The van der Waals surface area contributed by atoms with Gasteiger partial charge in [0.2, 0.25) is 0 Å². The Morgan fingerprint density at radius 1 is 0.912 bits per heavy atom. The zero-order valence-electron chi connectivity index (χ0n) is 18.6. The van der Waals surface area contributed by atoms with Gasteiger partial charge in [-0.05, 0) is 48.9 Å². The van der Waals surface area contributed by atoms with E-state index in [0.717, 1.165) is 5.56 Å². The number of amides is 1. The predicted molar refractivity (Wildman–Crippen MR) is 132 cm³/mol. The second-order valence-electron chi connectivity index (χ2n) is 7.74. The minimum absolute atomic E-state index is 0.0903. The number of aryl methyl sites for hydroxylation is 1. The largest absolute Gasteiger partial charge is 0.507 e. The van der Waals surface area contributed by atoms with Crippen LogP contribution in [0.15, 0.2) is 66.2 Å². The van der Waals surface area contributed by atoms with Gasteiger partial charge in [-0.1, -0.05) is 47.0 Å². The Morgan fingerprint density at radius 2 is 1.62 bits per heavy atom. The summed E-state index contributed by atoms with van der Waals surface area (Å²) in [5.41, 5.74) is 2.17. The van der Waals surface area contributed by atoms with Crippen LogP contribution in [0.2, 0.25) is 10.0 Å². The molecule has 3 aromatic rings. The number of nitrogens with zero attached hydrogens (tertiary/aromatic N) is 1. The molecule has 174 valence electrons. The lowest BCUT2D eigenvalue weighted by atomic mass is 9.94. The van der Waals surface area contributed by atoms with E-state index < -0.39 is 17.7 Å². The van der Waals surface area contributed by atoms with Crippen molar-refractivity contribution in [3.63, 3.8) is 0 Å². The molecule has 3 aromatic carbocycles. The molecule has 34 heavy (non-hydrogen) atoms. The van der Waals surface area contributed by atoms with Crippen molar-refractivity contribution in [2.45, 2.75) is 13.0 Å². The Kier molecular flexibility index (Phi) is 6.55. The molecule has 6 nitrogen and oxygen atoms in total. The second-order valence-corrected chi connectivity index (χ2v) is 8.56. The van der Waals surface area contributed by atoms with Crippen LogP contribution in [0.1, 0.15) is 22.7 Å². The van der Waals surface area contributed by atoms with Crippen molar-refractivity contribution in [2.24, 2.45) is 0 Å². The van der Waals surface area contributed by atoms with E-state index in [1.165, 1.54) is 19.1 Å². The van der Waals surface area contributed by atoms with Crippen molar-refractivity contribution >= 4 is 46.3 Å². The fraction of sp³-hybridized carbons (Fsp3) is 0.154. The Morgan fingerprint density at radius 3 is 2.24 bits per heavy atom. The molecular weight excluding hydrogens is 477 g/mol. The molecule has 1 unspecified atom stereocenters. The number of rotatable bonds is 5. The number of carbonyl (C=O) groups excluding carboxylic acids is 2. The van der Waals surface area contributed by atoms with E-state index in [-0.39, 0.29) is 27.7 Å². The number of aliphatic hydroxyl groups is 1. The maximum Gasteiger partial charge on any atom is 0.300 e. The number of hydrogen-bond donors (Lipinski definition) is 1. The first kappa shape index (κ1) is 23.7. The standard InChI is InChI=1S/C26H21Cl2NO5/c1-14-4-7-16(8-5-14)29-23(15-6-11-19(27)20(28)12-15)22(25(31)26(29)32)24(30)18-10-9-17(33-2)13-21(18)34-3/h4-13,23,30H,1-3H3/b24-22-. The minimum Gasteiger partial charge on any atom is -0.507 e. The van der Waals surface area contributed by atoms with Crippen LogP contribution < -0.4 is 14.4 Å². The molecule has 1 fully saturated rings. The van der Waals surface area contributed by atoms with Gasteiger partial charge >= 0.3 is 0 Å². The summed E-state index contributed by atoms with van der Waals surface area (Å²) < 4.78 is 10.6. The average Bonchev–Trinajstić information content (AvgIpc) is 3.11. The van der Waals surface area contributed by atoms with E-state index in [9.17, 15) is 14.7 Å². The topological polar surface area (TPSA) is 76.1 Å². The SMILES string of the molecule is COc1ccc(/C(O)=C2/C(=O)C(=O)N(c3ccc(C)cc3)C2c2ccc(Cl)c(Cl)c2)c(OC)c1. The van der Waals surface area contributed by atoms with Gasteiger partial charge in [0.1, 0.15) is 17.3 Å². The highest BCUT2D eigenvalue weighted by molar-refractivity contribution is 6.52. The summed E-state index contributed by atoms with van der Waals surface area (Å²) in [6, 6.07) is 15.9. The molecule has 1 aliphatic rings. The van der Waals surface area contributed by atoms with Gasteiger partial charge < -0.3 is 14.6 Å². The van der Waals surface area contributed by atoms with E-state index in [4.69, 9.17) is 32.7 Å². The highest BCUT2D eigenvalue weighted by Gasteiger charge is 2.47. The number of ketones is 1. The third-order valence-corrected chi connectivity index (χ3v) is 6.42. The Hall–Kier alpha value is -3.48. The molecule has 1 saturated heterocycles. The monoisotopic (exact) mass is 497 g/mol. The van der Waals surface area contributed by atoms with Crippen molar-refractivity contribution in [1.29, 1.82) is 0 Å². The van der Waals surface area contributed by atoms with Crippen molar-refractivity contribution < 1.29 is 24.2 Å². The van der Waals surface area contributed by atoms with Gasteiger partial charge in [0, 0.05) is 11.8 Å². The second kappa shape index (κ2) is 9.41. The number of aliphatic hydroxyl groups excluding tert-OH is 1. The van der Waals surface area contributed by atoms with E-state index in [1.54, 1.807) is 48.5 Å². The number of Topliss-reactive ketones (excluding diaryl/α,β-unsaturated/α-hetero) is 1. The summed E-state index contributed by atoms with van der Waals surface area (Å²) in [6.45, 7) is 1.92. The molecule has 8 heteroatoms. The first-order chi connectivity index (χ1) is 16.3. The van der Waals surface area contributed by atoms with E-state index in [2.05, 4.69) is 0 Å². The summed E-state index contributed by atoms with van der Waals surface area (Å²) in [5.74, 6) is -1.18. The fourth-order valence-electron chi connectivity index (χ4n) is 3.94. The van der Waals surface area contributed by atoms with Gasteiger partial charge in [-0.25, -0.2) is 0 Å². The summed E-state index contributed by atoms with van der Waals surface area (Å²) in [7, 11) is 2.94. The molecular formula is C26H21Cl2NO5. The lowest BCUT2D eigenvalue weighted by molar-refractivity contribution is -0.132. The van der Waals surface area contributed by atoms with Crippen LogP contribution in [0.3, 0.4) is 0 Å². The lowest BCUT2D eigenvalue weighted by Crippen LogP contribution is -2.29. The lowest BCUT2D eigenvalue weighted by Gasteiger charge is -2.26. The number of benzene rings is 3. The predicted octanol–water partition coefficient (Wildman–Crippen LogP) is 5.95. The molecule has 0 radical (unpaired) electrons. The van der Waals surface area contributed by atoms with Crippen LogP contribution >= 0.6 is 23.2 Å². The third-order valence-electron chi connectivity index (χ3n) is 5.68. The van der Waals surface area contributed by atoms with Crippen molar-refractivity contribution in [2.75, 3.05) is 19.1 Å². The van der Waals surface area contributed by atoms with Crippen molar-refractivity contribution in [3.05, 3.63) is 93.0 Å². The number of halogens is 2. The normalized spacial score (nSPS) is 17.2. The zero-order valence-corrected chi connectivity index (χ0v) is 20.1. The first-order valence-electron chi connectivity index (χ1n) is 10.3. The van der Waals surface area contributed by atoms with Gasteiger partial charge in [0.15, 0.2) is 0 Å². The third kappa shape index (κ3) is 4.11. The molecule has 0 aliphatic carbocycles. The summed E-state index contributed by atoms with van der Waals surface area (Å²) >= 11 is 12.4. The highest BCUT2D eigenvalue weighted by atomic mass is 35.5. The van der Waals surface area contributed by atoms with Gasteiger partial charge in [-0.15, -0.1) is 0 Å². The first-order valence-corrected chi connectivity index (χ1v) is 11.1. The molecule has 1 amide bonds. The van der Waals surface area contributed by atoms with Crippen LogP contribution in [0.4, 0.5) is 5.69 Å². The van der Waals surface area contributed by atoms with Gasteiger partial charge in [0.05, 0.1) is 41.4 Å². The number of ether oxygens (including phenoxy) is 2. The van der Waals surface area contributed by atoms with E-state index >= 15 is 0 Å². The molecule has 0 saturated carbocycles.